The first-order valence-electron chi connectivity index (χ1n) is 7.84. The number of aryl methyl sites for hydroxylation is 1. The van der Waals surface area contributed by atoms with E-state index in [0.717, 1.165) is 0 Å². The third-order valence-electron chi connectivity index (χ3n) is 4.14. The zero-order chi connectivity index (χ0) is 21.3. The molecule has 0 aliphatic carbocycles. The number of aromatic nitrogens is 1. The number of nitro benzene ring substituents is 1. The summed E-state index contributed by atoms with van der Waals surface area (Å²) in [5.41, 5.74) is 1.15. The monoisotopic (exact) mass is 452 g/mol. The summed E-state index contributed by atoms with van der Waals surface area (Å²) in [5.74, 6) is 0. The van der Waals surface area contributed by atoms with Crippen LogP contribution in [0.15, 0.2) is 29.6 Å². The summed E-state index contributed by atoms with van der Waals surface area (Å²) < 4.78 is 25.2. The van der Waals surface area contributed by atoms with Crippen LogP contribution in [0, 0.1) is 17.0 Å². The summed E-state index contributed by atoms with van der Waals surface area (Å²) >= 11 is 1.26. The van der Waals surface area contributed by atoms with Crippen molar-refractivity contribution >= 4 is 42.8 Å². The van der Waals surface area contributed by atoms with E-state index in [1.54, 1.807) is 16.9 Å². The first-order valence-corrected chi connectivity index (χ1v) is 12.4. The minimum atomic E-state index is -5.29. The molecule has 1 aromatic carbocycles. The van der Waals surface area contributed by atoms with E-state index in [0.29, 0.717) is 23.2 Å². The molecule has 2 atom stereocenters. The highest BCUT2D eigenvalue weighted by molar-refractivity contribution is 7.74. The molecule has 2 rings (SSSR count). The highest BCUT2D eigenvalue weighted by atomic mass is 32.1. The second-order valence-corrected chi connectivity index (χ2v) is 11.7. The molecule has 1 heterocycles. The van der Waals surface area contributed by atoms with Crippen LogP contribution in [-0.2, 0) is 15.7 Å². The van der Waals surface area contributed by atoms with E-state index < -0.39 is 31.4 Å². The molecule has 0 spiro atoms. The minimum Gasteiger partial charge on any atom is -0.369 e. The Morgan fingerprint density at radius 2 is 1.82 bits per heavy atom. The lowest BCUT2D eigenvalue weighted by atomic mass is 10.3. The van der Waals surface area contributed by atoms with Gasteiger partial charge < -0.3 is 19.8 Å². The summed E-state index contributed by atoms with van der Waals surface area (Å²) in [6, 6.07) is 5.63. The number of non-ortho nitro benzene ring substituents is 1. The SMILES string of the molecule is Cc1csc(Nc2ccc([N+](=O)[O-])cc2)[n+]1CCC(O)(P(C)(=O)O)P(=O)(O)O. The number of nitrogens with zero attached hydrogens (tertiary/aromatic N) is 2. The van der Waals surface area contributed by atoms with Crippen LogP contribution in [0.2, 0.25) is 0 Å². The van der Waals surface area contributed by atoms with Gasteiger partial charge in [0.2, 0.25) is 12.5 Å². The molecule has 14 heteroatoms. The molecular weight excluding hydrogens is 432 g/mol. The first-order chi connectivity index (χ1) is 12.8. The minimum absolute atomic E-state index is 0.0749. The van der Waals surface area contributed by atoms with Gasteiger partial charge in [-0.25, -0.2) is 9.88 Å². The average molecular weight is 452 g/mol. The van der Waals surface area contributed by atoms with Crippen LogP contribution in [0.3, 0.4) is 0 Å². The summed E-state index contributed by atoms with van der Waals surface area (Å²) in [6.07, 6.45) is -0.654. The first kappa shape index (κ1) is 22.6. The molecular formula is C14H20N3O8P2S+. The molecule has 1 aromatic heterocycles. The molecule has 0 bridgehead atoms. The van der Waals surface area contributed by atoms with Crippen molar-refractivity contribution in [2.24, 2.45) is 0 Å². The van der Waals surface area contributed by atoms with Crippen LogP contribution in [0.1, 0.15) is 12.1 Å². The van der Waals surface area contributed by atoms with Gasteiger partial charge in [0, 0.05) is 30.6 Å². The van der Waals surface area contributed by atoms with Crippen LogP contribution in [-0.4, -0.2) is 36.5 Å². The number of benzene rings is 1. The summed E-state index contributed by atoms with van der Waals surface area (Å²) in [5, 5.41) is 23.2. The van der Waals surface area contributed by atoms with Crippen LogP contribution < -0.4 is 9.88 Å². The maximum atomic E-state index is 11.9. The number of thiazole rings is 1. The maximum Gasteiger partial charge on any atom is 0.367 e. The molecule has 5 N–H and O–H groups in total. The number of nitrogens with one attached hydrogen (secondary N) is 1. The molecule has 2 unspecified atom stereocenters. The zero-order valence-electron chi connectivity index (χ0n) is 14.9. The van der Waals surface area contributed by atoms with Gasteiger partial charge in [0.1, 0.15) is 11.4 Å². The number of hydrogen-bond donors (Lipinski definition) is 5. The van der Waals surface area contributed by atoms with E-state index in [1.807, 2.05) is 0 Å². The Morgan fingerprint density at radius 3 is 2.29 bits per heavy atom. The molecule has 2 aromatic rings. The lowest BCUT2D eigenvalue weighted by molar-refractivity contribution is -0.686. The van der Waals surface area contributed by atoms with E-state index in [4.69, 9.17) is 0 Å². The molecule has 0 saturated heterocycles. The Labute approximate surface area is 164 Å². The Morgan fingerprint density at radius 1 is 1.25 bits per heavy atom. The van der Waals surface area contributed by atoms with Gasteiger partial charge in [-0.1, -0.05) is 11.3 Å². The smallest absolute Gasteiger partial charge is 0.367 e. The predicted molar refractivity (Wildman–Crippen MR) is 103 cm³/mol. The van der Waals surface area contributed by atoms with Gasteiger partial charge in [-0.3, -0.25) is 19.2 Å². The third kappa shape index (κ3) is 4.66. The third-order valence-corrected chi connectivity index (χ3v) is 9.75. The number of aliphatic hydroxyl groups is 1. The fourth-order valence-corrected chi connectivity index (χ4v) is 6.24. The van der Waals surface area contributed by atoms with Crippen LogP contribution in [0.4, 0.5) is 16.5 Å². The fourth-order valence-electron chi connectivity index (χ4n) is 2.45. The topological polar surface area (TPSA) is 174 Å². The van der Waals surface area contributed by atoms with E-state index in [2.05, 4.69) is 5.32 Å². The summed E-state index contributed by atoms with van der Waals surface area (Å²) in [6.45, 7) is 2.27. The van der Waals surface area contributed by atoms with Crippen molar-refractivity contribution in [1.29, 1.82) is 0 Å². The molecule has 28 heavy (non-hydrogen) atoms. The molecule has 0 aliphatic rings. The van der Waals surface area contributed by atoms with Gasteiger partial charge >= 0.3 is 12.7 Å². The number of hydrogen-bond acceptors (Lipinski definition) is 7. The Kier molecular flexibility index (Phi) is 6.47. The highest BCUT2D eigenvalue weighted by Gasteiger charge is 2.56. The molecule has 0 aliphatic heterocycles. The van der Waals surface area contributed by atoms with Crippen molar-refractivity contribution in [3.8, 4) is 0 Å². The molecule has 154 valence electrons. The normalized spacial score (nSPS) is 16.2. The Bertz CT molecular complexity index is 943. The van der Waals surface area contributed by atoms with Crippen LogP contribution in [0.5, 0.6) is 0 Å². The quantitative estimate of drug-likeness (QED) is 0.174. The van der Waals surface area contributed by atoms with Crippen molar-refractivity contribution in [2.75, 3.05) is 12.0 Å². The van der Waals surface area contributed by atoms with Crippen molar-refractivity contribution in [3.63, 3.8) is 0 Å². The van der Waals surface area contributed by atoms with E-state index >= 15 is 0 Å². The second kappa shape index (κ2) is 8.00. The van der Waals surface area contributed by atoms with Gasteiger partial charge in [0.05, 0.1) is 11.5 Å². The lowest BCUT2D eigenvalue weighted by Gasteiger charge is -2.30. The van der Waals surface area contributed by atoms with E-state index in [9.17, 15) is 39.0 Å². The van der Waals surface area contributed by atoms with Gasteiger partial charge in [-0.15, -0.1) is 0 Å². The number of anilines is 2. The number of rotatable bonds is 8. The lowest BCUT2D eigenvalue weighted by Crippen LogP contribution is -2.41. The standard InChI is InChI=1S/C14H19N3O8P2S/c1-10-9-28-13(15-11-3-5-12(6-4-11)17(19)20)16(10)8-7-14(18,26(2,21)22)27(23,24)25/h3-6,9,18H,7-8H2,1-2H3,(H3,21,22,23,24,25)/p+1. The van der Waals surface area contributed by atoms with Crippen molar-refractivity contribution in [3.05, 3.63) is 45.5 Å². The average Bonchev–Trinajstić information content (AvgIpc) is 2.91. The highest BCUT2D eigenvalue weighted by Crippen LogP contribution is 2.69. The molecule has 0 saturated carbocycles. The zero-order valence-corrected chi connectivity index (χ0v) is 17.5. The van der Waals surface area contributed by atoms with Gasteiger partial charge in [-0.2, -0.15) is 0 Å². The summed E-state index contributed by atoms with van der Waals surface area (Å²) in [4.78, 5) is 38.7. The fraction of sp³-hybridized carbons (Fsp3) is 0.357. The van der Waals surface area contributed by atoms with E-state index in [1.165, 1.54) is 35.6 Å². The maximum absolute atomic E-state index is 11.9. The summed E-state index contributed by atoms with van der Waals surface area (Å²) in [7, 11) is -9.83. The Balaban J connectivity index is 2.26. The van der Waals surface area contributed by atoms with Crippen molar-refractivity contribution in [2.45, 2.75) is 25.0 Å². The van der Waals surface area contributed by atoms with Crippen molar-refractivity contribution < 1.29 is 38.4 Å². The van der Waals surface area contributed by atoms with Gasteiger partial charge in [0.15, 0.2) is 0 Å². The van der Waals surface area contributed by atoms with Crippen LogP contribution in [0.25, 0.3) is 0 Å². The van der Waals surface area contributed by atoms with Gasteiger partial charge in [-0.05, 0) is 19.1 Å². The van der Waals surface area contributed by atoms with E-state index in [-0.39, 0.29) is 12.2 Å². The van der Waals surface area contributed by atoms with Crippen molar-refractivity contribution in [1.82, 2.24) is 0 Å². The second-order valence-electron chi connectivity index (χ2n) is 6.21. The van der Waals surface area contributed by atoms with Gasteiger partial charge in [0.25, 0.3) is 5.69 Å². The molecule has 0 amide bonds. The largest absolute Gasteiger partial charge is 0.369 e. The predicted octanol–water partition coefficient (Wildman–Crippen LogP) is 2.11. The molecule has 0 fully saturated rings. The number of nitro groups is 1. The van der Waals surface area contributed by atoms with Crippen LogP contribution >= 0.6 is 26.3 Å². The Hall–Kier alpha value is -1.65. The molecule has 11 nitrogen and oxygen atoms in total. The molecule has 0 radical (unpaired) electrons.